The summed E-state index contributed by atoms with van der Waals surface area (Å²) in [5.41, 5.74) is 0. The van der Waals surface area contributed by atoms with Crippen molar-refractivity contribution in [2.45, 2.75) is 25.4 Å². The molecule has 2 N–H and O–H groups in total. The molecule has 0 aromatic carbocycles. The van der Waals surface area contributed by atoms with Crippen molar-refractivity contribution in [3.05, 3.63) is 0 Å². The van der Waals surface area contributed by atoms with Crippen LogP contribution in [0.25, 0.3) is 0 Å². The van der Waals surface area contributed by atoms with Gasteiger partial charge in [0, 0.05) is 39.3 Å². The topological polar surface area (TPSA) is 53.6 Å². The number of nitrogens with zero attached hydrogens (tertiary/aromatic N) is 1. The van der Waals surface area contributed by atoms with Gasteiger partial charge in [0.15, 0.2) is 0 Å². The lowest BCUT2D eigenvalue weighted by Crippen LogP contribution is -2.44. The second-order valence-corrected chi connectivity index (χ2v) is 4.74. The number of hydrogen-bond donors (Lipinski definition) is 2. The molecule has 1 atom stereocenters. The maximum absolute atomic E-state index is 11.6. The number of carbonyl (C=O) groups is 1. The van der Waals surface area contributed by atoms with Crippen LogP contribution in [0.4, 0.5) is 0 Å². The fourth-order valence-electron chi connectivity index (χ4n) is 2.35. The standard InChI is InChI=1S/C12H23N3O2/c16-12(11-3-1-10-17-11)14-4-2-7-15-8-5-13-6-9-15/h11,13H,1-10H2,(H,14,16). The van der Waals surface area contributed by atoms with E-state index in [1.807, 2.05) is 0 Å². The SMILES string of the molecule is O=C(NCCCN1CCNCC1)C1CCCO1. The van der Waals surface area contributed by atoms with Gasteiger partial charge in [-0.05, 0) is 25.8 Å². The van der Waals surface area contributed by atoms with Crippen LogP contribution in [-0.4, -0.2) is 62.8 Å². The molecule has 0 aromatic rings. The van der Waals surface area contributed by atoms with Crippen LogP contribution < -0.4 is 10.6 Å². The first-order valence-corrected chi connectivity index (χ1v) is 6.68. The summed E-state index contributed by atoms with van der Waals surface area (Å²) in [7, 11) is 0. The molecule has 2 aliphatic heterocycles. The van der Waals surface area contributed by atoms with Gasteiger partial charge < -0.3 is 20.3 Å². The normalized spacial score (nSPS) is 26.0. The van der Waals surface area contributed by atoms with E-state index in [1.165, 1.54) is 0 Å². The molecule has 0 aromatic heterocycles. The zero-order chi connectivity index (χ0) is 11.9. The average Bonchev–Trinajstić information content (AvgIpc) is 2.89. The third-order valence-corrected chi connectivity index (χ3v) is 3.38. The number of nitrogens with one attached hydrogen (secondary N) is 2. The van der Waals surface area contributed by atoms with Crippen LogP contribution in [0.3, 0.4) is 0 Å². The lowest BCUT2D eigenvalue weighted by Gasteiger charge is -2.27. The second kappa shape index (κ2) is 6.93. The zero-order valence-corrected chi connectivity index (χ0v) is 10.4. The van der Waals surface area contributed by atoms with E-state index in [0.717, 1.165) is 65.1 Å². The summed E-state index contributed by atoms with van der Waals surface area (Å²) in [4.78, 5) is 14.1. The predicted octanol–water partition coefficient (Wildman–Crippen LogP) is -0.423. The van der Waals surface area contributed by atoms with Gasteiger partial charge in [0.1, 0.15) is 6.10 Å². The Morgan fingerprint density at radius 2 is 2.24 bits per heavy atom. The maximum atomic E-state index is 11.6. The van der Waals surface area contributed by atoms with Gasteiger partial charge in [-0.2, -0.15) is 0 Å². The van der Waals surface area contributed by atoms with Gasteiger partial charge in [0.05, 0.1) is 0 Å². The summed E-state index contributed by atoms with van der Waals surface area (Å²) in [5.74, 6) is 0.0720. The van der Waals surface area contributed by atoms with Crippen LogP contribution in [-0.2, 0) is 9.53 Å². The second-order valence-electron chi connectivity index (χ2n) is 4.74. The van der Waals surface area contributed by atoms with Crippen molar-refractivity contribution >= 4 is 5.91 Å². The van der Waals surface area contributed by atoms with E-state index in [2.05, 4.69) is 15.5 Å². The zero-order valence-electron chi connectivity index (χ0n) is 10.4. The molecule has 0 saturated carbocycles. The Hall–Kier alpha value is -0.650. The minimum absolute atomic E-state index is 0.0720. The summed E-state index contributed by atoms with van der Waals surface area (Å²) < 4.78 is 5.33. The lowest BCUT2D eigenvalue weighted by atomic mass is 10.2. The van der Waals surface area contributed by atoms with E-state index in [4.69, 9.17) is 4.74 Å². The van der Waals surface area contributed by atoms with E-state index in [1.54, 1.807) is 0 Å². The lowest BCUT2D eigenvalue weighted by molar-refractivity contribution is -0.130. The Morgan fingerprint density at radius 1 is 1.41 bits per heavy atom. The van der Waals surface area contributed by atoms with Crippen LogP contribution in [0.1, 0.15) is 19.3 Å². The molecule has 0 aliphatic carbocycles. The minimum Gasteiger partial charge on any atom is -0.368 e. The highest BCUT2D eigenvalue weighted by atomic mass is 16.5. The van der Waals surface area contributed by atoms with E-state index in [9.17, 15) is 4.79 Å². The molecule has 5 nitrogen and oxygen atoms in total. The van der Waals surface area contributed by atoms with Crippen molar-refractivity contribution in [1.82, 2.24) is 15.5 Å². The number of carbonyl (C=O) groups excluding carboxylic acids is 1. The summed E-state index contributed by atoms with van der Waals surface area (Å²) in [6.07, 6.45) is 2.73. The number of ether oxygens (including phenoxy) is 1. The van der Waals surface area contributed by atoms with Crippen molar-refractivity contribution in [2.75, 3.05) is 45.9 Å². The molecule has 98 valence electrons. The quantitative estimate of drug-likeness (QED) is 0.642. The first-order chi connectivity index (χ1) is 8.36. The summed E-state index contributed by atoms with van der Waals surface area (Å²) >= 11 is 0. The molecule has 17 heavy (non-hydrogen) atoms. The molecule has 0 radical (unpaired) electrons. The molecular weight excluding hydrogens is 218 g/mol. The van der Waals surface area contributed by atoms with Gasteiger partial charge in [0.2, 0.25) is 5.91 Å². The molecule has 2 fully saturated rings. The van der Waals surface area contributed by atoms with E-state index in [-0.39, 0.29) is 12.0 Å². The summed E-state index contributed by atoms with van der Waals surface area (Å²) in [5, 5.41) is 6.29. The van der Waals surface area contributed by atoms with Crippen LogP contribution in [0, 0.1) is 0 Å². The van der Waals surface area contributed by atoms with Crippen LogP contribution in [0.5, 0.6) is 0 Å². The van der Waals surface area contributed by atoms with Crippen molar-refractivity contribution in [3.8, 4) is 0 Å². The number of amides is 1. The minimum atomic E-state index is -0.186. The Labute approximate surface area is 103 Å². The van der Waals surface area contributed by atoms with Gasteiger partial charge >= 0.3 is 0 Å². The molecule has 2 aliphatic rings. The van der Waals surface area contributed by atoms with Gasteiger partial charge in [-0.1, -0.05) is 0 Å². The Kier molecular flexibility index (Phi) is 5.22. The molecule has 2 saturated heterocycles. The molecule has 0 bridgehead atoms. The number of piperazine rings is 1. The molecule has 1 amide bonds. The van der Waals surface area contributed by atoms with Crippen LogP contribution in [0.15, 0.2) is 0 Å². The fourth-order valence-corrected chi connectivity index (χ4v) is 2.35. The van der Waals surface area contributed by atoms with Crippen molar-refractivity contribution < 1.29 is 9.53 Å². The Morgan fingerprint density at radius 3 is 2.94 bits per heavy atom. The maximum Gasteiger partial charge on any atom is 0.249 e. The first kappa shape index (κ1) is 12.8. The van der Waals surface area contributed by atoms with Gasteiger partial charge in [-0.25, -0.2) is 0 Å². The van der Waals surface area contributed by atoms with Crippen LogP contribution >= 0.6 is 0 Å². The van der Waals surface area contributed by atoms with E-state index < -0.39 is 0 Å². The molecule has 1 unspecified atom stereocenters. The van der Waals surface area contributed by atoms with Gasteiger partial charge in [0.25, 0.3) is 0 Å². The number of rotatable bonds is 5. The average molecular weight is 241 g/mol. The predicted molar refractivity (Wildman–Crippen MR) is 65.9 cm³/mol. The molecule has 2 rings (SSSR count). The fraction of sp³-hybridized carbons (Fsp3) is 0.917. The molecule has 2 heterocycles. The molecule has 5 heteroatoms. The Bertz CT molecular complexity index is 236. The van der Waals surface area contributed by atoms with Crippen LogP contribution in [0.2, 0.25) is 0 Å². The Balaban J connectivity index is 1.51. The highest BCUT2D eigenvalue weighted by molar-refractivity contribution is 5.80. The number of hydrogen-bond acceptors (Lipinski definition) is 4. The highest BCUT2D eigenvalue weighted by Crippen LogP contribution is 2.11. The summed E-state index contributed by atoms with van der Waals surface area (Å²) in [6, 6.07) is 0. The van der Waals surface area contributed by atoms with E-state index in [0.29, 0.717) is 0 Å². The smallest absolute Gasteiger partial charge is 0.249 e. The molecular formula is C12H23N3O2. The third kappa shape index (κ3) is 4.26. The van der Waals surface area contributed by atoms with Crippen molar-refractivity contribution in [1.29, 1.82) is 0 Å². The molecule has 0 spiro atoms. The monoisotopic (exact) mass is 241 g/mol. The largest absolute Gasteiger partial charge is 0.368 e. The van der Waals surface area contributed by atoms with Gasteiger partial charge in [-0.15, -0.1) is 0 Å². The van der Waals surface area contributed by atoms with Crippen molar-refractivity contribution in [3.63, 3.8) is 0 Å². The third-order valence-electron chi connectivity index (χ3n) is 3.38. The van der Waals surface area contributed by atoms with Gasteiger partial charge in [-0.3, -0.25) is 4.79 Å². The summed E-state index contributed by atoms with van der Waals surface area (Å²) in [6.45, 7) is 7.00. The highest BCUT2D eigenvalue weighted by Gasteiger charge is 2.22. The van der Waals surface area contributed by atoms with E-state index >= 15 is 0 Å². The first-order valence-electron chi connectivity index (χ1n) is 6.68. The van der Waals surface area contributed by atoms with Crippen molar-refractivity contribution in [2.24, 2.45) is 0 Å².